The number of anilines is 1. The number of carbonyl (C=O) groups is 1. The first-order chi connectivity index (χ1) is 12.0. The number of rotatable bonds is 5. The molecule has 3 rings (SSSR count). The number of halogens is 2. The minimum absolute atomic E-state index is 0.217. The highest BCUT2D eigenvalue weighted by Crippen LogP contribution is 2.35. The van der Waals surface area contributed by atoms with Crippen molar-refractivity contribution in [3.8, 4) is 28.3 Å². The molecule has 130 valence electrons. The highest BCUT2D eigenvalue weighted by molar-refractivity contribution is 6.29. The number of hydrogen-bond acceptors (Lipinski definition) is 4. The van der Waals surface area contributed by atoms with Crippen LogP contribution in [-0.4, -0.2) is 38.9 Å². The molecule has 0 bridgehead atoms. The zero-order valence-corrected chi connectivity index (χ0v) is 14.3. The van der Waals surface area contributed by atoms with Gasteiger partial charge in [0.15, 0.2) is 0 Å². The number of H-pyrrole nitrogens is 1. The molecule has 1 aromatic carbocycles. The molecule has 1 amide bonds. The van der Waals surface area contributed by atoms with Gasteiger partial charge >= 0.3 is 0 Å². The second-order valence-corrected chi connectivity index (χ2v) is 5.55. The summed E-state index contributed by atoms with van der Waals surface area (Å²) in [5, 5.41) is 13.6. The number of amides is 1. The Labute approximate surface area is 147 Å². The third kappa shape index (κ3) is 3.48. The summed E-state index contributed by atoms with van der Waals surface area (Å²) in [6.07, 6.45) is 3.47. The number of methoxy groups -OCH3 is 1. The van der Waals surface area contributed by atoms with Crippen molar-refractivity contribution in [2.45, 2.75) is 0 Å². The normalized spacial score (nSPS) is 10.7. The molecule has 2 aromatic heterocycles. The molecule has 7 nitrogen and oxygen atoms in total. The lowest BCUT2D eigenvalue weighted by Crippen LogP contribution is -2.13. The summed E-state index contributed by atoms with van der Waals surface area (Å²) >= 11 is 5.45. The third-order valence-corrected chi connectivity index (χ3v) is 3.77. The molecule has 0 saturated heterocycles. The summed E-state index contributed by atoms with van der Waals surface area (Å²) in [5.41, 5.74) is 2.35. The number of hydrogen-bond donors (Lipinski definition) is 2. The molecule has 3 aromatic rings. The van der Waals surface area contributed by atoms with Crippen LogP contribution < -0.4 is 10.1 Å². The van der Waals surface area contributed by atoms with Crippen LogP contribution in [0.15, 0.2) is 30.6 Å². The van der Waals surface area contributed by atoms with Gasteiger partial charge in [-0.2, -0.15) is 10.2 Å². The summed E-state index contributed by atoms with van der Waals surface area (Å²) in [6.45, 7) is 0. The smallest absolute Gasteiger partial charge is 0.239 e. The largest absolute Gasteiger partial charge is 0.496 e. The van der Waals surface area contributed by atoms with E-state index in [0.29, 0.717) is 11.4 Å². The Morgan fingerprint density at radius 1 is 1.44 bits per heavy atom. The Morgan fingerprint density at radius 3 is 2.88 bits per heavy atom. The molecule has 0 saturated carbocycles. The highest BCUT2D eigenvalue weighted by atomic mass is 35.5. The Bertz CT molecular complexity index is 921. The SMILES string of the molecule is COc1cc(NC(=O)CCl)cc(F)c1-c1cc(-c2cnn(C)c2)n[nH]1. The van der Waals surface area contributed by atoms with Crippen molar-refractivity contribution in [1.82, 2.24) is 20.0 Å². The fourth-order valence-electron chi connectivity index (χ4n) is 2.42. The Morgan fingerprint density at radius 2 is 2.24 bits per heavy atom. The number of nitrogens with one attached hydrogen (secondary N) is 2. The molecule has 0 unspecified atom stereocenters. The Kier molecular flexibility index (Phi) is 4.71. The molecular formula is C16H15ClFN5O2. The van der Waals surface area contributed by atoms with Crippen LogP contribution >= 0.6 is 11.6 Å². The van der Waals surface area contributed by atoms with Crippen molar-refractivity contribution in [3.63, 3.8) is 0 Å². The number of aromatic nitrogens is 4. The summed E-state index contributed by atoms with van der Waals surface area (Å²) in [7, 11) is 3.22. The molecule has 9 heteroatoms. The lowest BCUT2D eigenvalue weighted by Gasteiger charge is -2.11. The number of carbonyl (C=O) groups excluding carboxylic acids is 1. The third-order valence-electron chi connectivity index (χ3n) is 3.53. The van der Waals surface area contributed by atoms with Crippen LogP contribution in [-0.2, 0) is 11.8 Å². The van der Waals surface area contributed by atoms with Crippen molar-refractivity contribution in [1.29, 1.82) is 0 Å². The lowest BCUT2D eigenvalue weighted by molar-refractivity contribution is -0.113. The maximum Gasteiger partial charge on any atom is 0.239 e. The van der Waals surface area contributed by atoms with Crippen LogP contribution in [0.2, 0.25) is 0 Å². The predicted octanol–water partition coefficient (Wildman–Crippen LogP) is 2.80. The standard InChI is InChI=1S/C16H15ClFN5O2/c1-23-8-9(7-19-23)12-5-13(22-21-12)16-11(18)3-10(4-14(16)25-2)20-15(24)6-17/h3-5,7-8H,6H2,1-2H3,(H,20,24)(H,21,22). The second-order valence-electron chi connectivity index (χ2n) is 5.29. The minimum atomic E-state index is -0.564. The number of alkyl halides is 1. The quantitative estimate of drug-likeness (QED) is 0.683. The summed E-state index contributed by atoms with van der Waals surface area (Å²) < 4.78 is 21.5. The summed E-state index contributed by atoms with van der Waals surface area (Å²) in [4.78, 5) is 11.4. The average Bonchev–Trinajstić information content (AvgIpc) is 3.23. The first-order valence-electron chi connectivity index (χ1n) is 7.30. The van der Waals surface area contributed by atoms with Crippen LogP contribution in [0.1, 0.15) is 0 Å². The molecule has 25 heavy (non-hydrogen) atoms. The Balaban J connectivity index is 1.99. The van der Waals surface area contributed by atoms with Crippen LogP contribution in [0, 0.1) is 5.82 Å². The summed E-state index contributed by atoms with van der Waals surface area (Å²) in [6, 6.07) is 4.43. The zero-order chi connectivity index (χ0) is 18.0. The van der Waals surface area contributed by atoms with Gasteiger partial charge in [-0.3, -0.25) is 14.6 Å². The number of benzene rings is 1. The van der Waals surface area contributed by atoms with Gasteiger partial charge in [0.25, 0.3) is 0 Å². The van der Waals surface area contributed by atoms with Crippen molar-refractivity contribution in [3.05, 3.63) is 36.4 Å². The predicted molar refractivity (Wildman–Crippen MR) is 92.1 cm³/mol. The van der Waals surface area contributed by atoms with Crippen LogP contribution in [0.4, 0.5) is 10.1 Å². The molecule has 2 N–H and O–H groups in total. The first-order valence-corrected chi connectivity index (χ1v) is 7.83. The Hall–Kier alpha value is -2.87. The number of nitrogens with zero attached hydrogens (tertiary/aromatic N) is 3. The van der Waals surface area contributed by atoms with E-state index < -0.39 is 11.7 Å². The maximum absolute atomic E-state index is 14.6. The van der Waals surface area contributed by atoms with E-state index >= 15 is 0 Å². The van der Waals surface area contributed by atoms with E-state index in [1.807, 2.05) is 0 Å². The van der Waals surface area contributed by atoms with Gasteiger partial charge in [-0.25, -0.2) is 4.39 Å². The van der Waals surface area contributed by atoms with Crippen molar-refractivity contribution >= 4 is 23.2 Å². The monoisotopic (exact) mass is 363 g/mol. The van der Waals surface area contributed by atoms with Crippen molar-refractivity contribution in [2.24, 2.45) is 7.05 Å². The van der Waals surface area contributed by atoms with Gasteiger partial charge in [0.2, 0.25) is 5.91 Å². The molecule has 0 spiro atoms. The molecule has 0 aliphatic carbocycles. The van der Waals surface area contributed by atoms with Gasteiger partial charge < -0.3 is 10.1 Å². The van der Waals surface area contributed by atoms with Gasteiger partial charge in [-0.1, -0.05) is 0 Å². The van der Waals surface area contributed by atoms with Crippen LogP contribution in [0.3, 0.4) is 0 Å². The zero-order valence-electron chi connectivity index (χ0n) is 13.5. The lowest BCUT2D eigenvalue weighted by atomic mass is 10.1. The van der Waals surface area contributed by atoms with Crippen molar-refractivity contribution in [2.75, 3.05) is 18.3 Å². The van der Waals surface area contributed by atoms with E-state index in [-0.39, 0.29) is 22.9 Å². The number of ether oxygens (including phenoxy) is 1. The molecule has 0 radical (unpaired) electrons. The fraction of sp³-hybridized carbons (Fsp3) is 0.188. The van der Waals surface area contributed by atoms with Gasteiger partial charge in [0.05, 0.1) is 30.3 Å². The topological polar surface area (TPSA) is 84.8 Å². The van der Waals surface area contributed by atoms with Crippen molar-refractivity contribution < 1.29 is 13.9 Å². The number of aryl methyl sites for hydroxylation is 1. The van der Waals surface area contributed by atoms with E-state index in [9.17, 15) is 9.18 Å². The molecule has 0 aliphatic heterocycles. The molecule has 2 heterocycles. The first kappa shape index (κ1) is 17.0. The van der Waals surface area contributed by atoms with E-state index in [2.05, 4.69) is 20.6 Å². The second kappa shape index (κ2) is 6.94. The summed E-state index contributed by atoms with van der Waals surface area (Å²) in [5.74, 6) is -0.964. The maximum atomic E-state index is 14.6. The minimum Gasteiger partial charge on any atom is -0.496 e. The molecule has 0 fully saturated rings. The number of aromatic amines is 1. The van der Waals surface area contributed by atoms with Gasteiger partial charge in [-0.15, -0.1) is 11.6 Å². The van der Waals surface area contributed by atoms with Gasteiger partial charge in [0, 0.05) is 30.6 Å². The molecule has 0 aliphatic rings. The molecular weight excluding hydrogens is 349 g/mol. The van der Waals surface area contributed by atoms with E-state index in [1.54, 1.807) is 30.2 Å². The molecule has 0 atom stereocenters. The van der Waals surface area contributed by atoms with Gasteiger partial charge in [0.1, 0.15) is 17.4 Å². The van der Waals surface area contributed by atoms with Crippen LogP contribution in [0.5, 0.6) is 5.75 Å². The van der Waals surface area contributed by atoms with E-state index in [4.69, 9.17) is 16.3 Å². The van der Waals surface area contributed by atoms with E-state index in [0.717, 1.165) is 5.56 Å². The fourth-order valence-corrected chi connectivity index (χ4v) is 2.49. The average molecular weight is 364 g/mol. The van der Waals surface area contributed by atoms with Gasteiger partial charge in [-0.05, 0) is 12.1 Å². The van der Waals surface area contributed by atoms with Crippen LogP contribution in [0.25, 0.3) is 22.5 Å². The highest BCUT2D eigenvalue weighted by Gasteiger charge is 2.18. The van der Waals surface area contributed by atoms with E-state index in [1.165, 1.54) is 19.2 Å².